The second-order valence-electron chi connectivity index (χ2n) is 5.53. The van der Waals surface area contributed by atoms with Gasteiger partial charge in [-0.1, -0.05) is 12.1 Å². The molecule has 0 aliphatic rings. The third-order valence-corrected chi connectivity index (χ3v) is 3.88. The van der Waals surface area contributed by atoms with Crippen molar-refractivity contribution in [2.45, 2.75) is 13.8 Å². The van der Waals surface area contributed by atoms with Crippen molar-refractivity contribution in [3.05, 3.63) is 57.8 Å². The Morgan fingerprint density at radius 1 is 1.12 bits per heavy atom. The highest BCUT2D eigenvalue weighted by Crippen LogP contribution is 2.10. The third kappa shape index (κ3) is 2.51. The van der Waals surface area contributed by atoms with Crippen LogP contribution in [0.5, 0.6) is 0 Å². The number of amides is 1. The summed E-state index contributed by atoms with van der Waals surface area (Å²) in [7, 11) is 0. The minimum absolute atomic E-state index is 0.106. The number of aromatic amines is 1. The average Bonchev–Trinajstić information content (AvgIpc) is 3.01. The van der Waals surface area contributed by atoms with Gasteiger partial charge in [-0.3, -0.25) is 25.0 Å². The number of aromatic nitrogens is 6. The fourth-order valence-electron chi connectivity index (χ4n) is 2.40. The standard InChI is InChI=1S/C16H13N7O2/c1-8-9(2)18-16-21-15(22-23(16)14(8)25)20-13(24)12-7-17-10-5-3-4-6-11(10)19-12/h3-7H,1-2H3,(H2,18,20,21,22,24). The molecule has 0 radical (unpaired) electrons. The van der Waals surface area contributed by atoms with Crippen molar-refractivity contribution in [3.63, 3.8) is 0 Å². The van der Waals surface area contributed by atoms with Crippen LogP contribution in [0.15, 0.2) is 35.3 Å². The van der Waals surface area contributed by atoms with Crippen molar-refractivity contribution >= 4 is 28.7 Å². The van der Waals surface area contributed by atoms with Crippen molar-refractivity contribution in [2.24, 2.45) is 0 Å². The lowest BCUT2D eigenvalue weighted by molar-refractivity contribution is 0.102. The van der Waals surface area contributed by atoms with E-state index in [1.54, 1.807) is 19.9 Å². The summed E-state index contributed by atoms with van der Waals surface area (Å²) in [5, 5.41) is 5.29. The first-order valence-corrected chi connectivity index (χ1v) is 7.52. The number of carbonyl (C=O) groups is 1. The summed E-state index contributed by atoms with van der Waals surface area (Å²) in [6, 6.07) is 7.25. The van der Waals surface area contributed by atoms with Crippen molar-refractivity contribution in [1.82, 2.24) is 29.5 Å². The van der Waals surface area contributed by atoms with Crippen LogP contribution in [0, 0.1) is 13.8 Å². The summed E-state index contributed by atoms with van der Waals surface area (Å²) >= 11 is 0. The number of para-hydroxylation sites is 2. The molecule has 0 spiro atoms. The third-order valence-electron chi connectivity index (χ3n) is 3.88. The fraction of sp³-hybridized carbons (Fsp3) is 0.125. The number of anilines is 1. The summed E-state index contributed by atoms with van der Waals surface area (Å²) < 4.78 is 1.18. The summed E-state index contributed by atoms with van der Waals surface area (Å²) in [5.74, 6) is -0.193. The van der Waals surface area contributed by atoms with Gasteiger partial charge in [0.25, 0.3) is 17.2 Å². The van der Waals surface area contributed by atoms with E-state index >= 15 is 0 Å². The van der Waals surface area contributed by atoms with Crippen LogP contribution in [0.25, 0.3) is 16.8 Å². The molecule has 4 aromatic rings. The molecule has 1 amide bonds. The Morgan fingerprint density at radius 3 is 2.68 bits per heavy atom. The van der Waals surface area contributed by atoms with E-state index in [0.29, 0.717) is 22.3 Å². The summed E-state index contributed by atoms with van der Waals surface area (Å²) in [6.45, 7) is 3.41. The van der Waals surface area contributed by atoms with E-state index < -0.39 is 5.91 Å². The Balaban J connectivity index is 1.69. The van der Waals surface area contributed by atoms with Crippen LogP contribution in [0.4, 0.5) is 5.95 Å². The molecule has 0 bridgehead atoms. The van der Waals surface area contributed by atoms with Crippen molar-refractivity contribution in [1.29, 1.82) is 0 Å². The minimum atomic E-state index is -0.487. The first kappa shape index (κ1) is 14.9. The lowest BCUT2D eigenvalue weighted by Gasteiger charge is -2.02. The zero-order chi connectivity index (χ0) is 17.6. The Bertz CT molecular complexity index is 1190. The van der Waals surface area contributed by atoms with Crippen molar-refractivity contribution in [2.75, 3.05) is 5.32 Å². The Labute approximate surface area is 140 Å². The maximum Gasteiger partial charge on any atom is 0.278 e. The minimum Gasteiger partial charge on any atom is -0.289 e. The number of fused-ring (bicyclic) bond motifs is 2. The highest BCUT2D eigenvalue weighted by atomic mass is 16.2. The van der Waals surface area contributed by atoms with E-state index in [-0.39, 0.29) is 23.0 Å². The number of H-pyrrole nitrogens is 1. The molecule has 9 nitrogen and oxygen atoms in total. The molecular weight excluding hydrogens is 322 g/mol. The molecule has 3 aromatic heterocycles. The smallest absolute Gasteiger partial charge is 0.278 e. The van der Waals surface area contributed by atoms with E-state index in [1.807, 2.05) is 18.2 Å². The van der Waals surface area contributed by atoms with Crippen LogP contribution in [0.1, 0.15) is 21.7 Å². The molecule has 0 aliphatic carbocycles. The maximum atomic E-state index is 12.4. The van der Waals surface area contributed by atoms with Gasteiger partial charge in [0.1, 0.15) is 5.69 Å². The van der Waals surface area contributed by atoms with E-state index in [4.69, 9.17) is 0 Å². The van der Waals surface area contributed by atoms with Crippen molar-refractivity contribution in [3.8, 4) is 0 Å². The summed E-state index contributed by atoms with van der Waals surface area (Å²) in [5.41, 5.74) is 2.30. The number of aryl methyl sites for hydroxylation is 1. The molecule has 0 atom stereocenters. The second-order valence-corrected chi connectivity index (χ2v) is 5.53. The van der Waals surface area contributed by atoms with Crippen LogP contribution < -0.4 is 10.9 Å². The van der Waals surface area contributed by atoms with E-state index in [1.165, 1.54) is 10.7 Å². The zero-order valence-corrected chi connectivity index (χ0v) is 13.4. The number of hydrogen-bond acceptors (Lipinski definition) is 6. The normalized spacial score (nSPS) is 11.1. The first-order chi connectivity index (χ1) is 12.0. The van der Waals surface area contributed by atoms with Gasteiger partial charge in [-0.15, -0.1) is 0 Å². The average molecular weight is 335 g/mol. The molecule has 25 heavy (non-hydrogen) atoms. The summed E-state index contributed by atoms with van der Waals surface area (Å²) in [4.78, 5) is 41.4. The summed E-state index contributed by atoms with van der Waals surface area (Å²) in [6.07, 6.45) is 1.39. The lowest BCUT2D eigenvalue weighted by Crippen LogP contribution is -2.20. The molecule has 9 heteroatoms. The monoisotopic (exact) mass is 335 g/mol. The van der Waals surface area contributed by atoms with Crippen molar-refractivity contribution < 1.29 is 4.79 Å². The van der Waals surface area contributed by atoms with Gasteiger partial charge in [0, 0.05) is 11.3 Å². The van der Waals surface area contributed by atoms with E-state index in [2.05, 4.69) is 30.4 Å². The largest absolute Gasteiger partial charge is 0.289 e. The van der Waals surface area contributed by atoms with Crippen LogP contribution in [-0.4, -0.2) is 35.5 Å². The quantitative estimate of drug-likeness (QED) is 0.569. The van der Waals surface area contributed by atoms with Crippen LogP contribution in [0.2, 0.25) is 0 Å². The molecule has 0 saturated heterocycles. The highest BCUT2D eigenvalue weighted by molar-refractivity contribution is 6.02. The van der Waals surface area contributed by atoms with Crippen LogP contribution >= 0.6 is 0 Å². The SMILES string of the molecule is Cc1nc2nc(NC(=O)c3cnc4ccccc4n3)[nH]n2c(=O)c1C. The van der Waals surface area contributed by atoms with Gasteiger partial charge in [-0.05, 0) is 26.0 Å². The maximum absolute atomic E-state index is 12.4. The fourth-order valence-corrected chi connectivity index (χ4v) is 2.40. The van der Waals surface area contributed by atoms with Crippen LogP contribution in [-0.2, 0) is 0 Å². The Kier molecular flexibility index (Phi) is 3.27. The lowest BCUT2D eigenvalue weighted by atomic mass is 10.3. The zero-order valence-electron chi connectivity index (χ0n) is 13.4. The molecule has 1 aromatic carbocycles. The van der Waals surface area contributed by atoms with Gasteiger partial charge in [0.05, 0.1) is 17.2 Å². The number of nitrogens with one attached hydrogen (secondary N) is 2. The Morgan fingerprint density at radius 2 is 1.88 bits per heavy atom. The van der Waals surface area contributed by atoms with Gasteiger partial charge in [-0.25, -0.2) is 9.97 Å². The first-order valence-electron chi connectivity index (χ1n) is 7.52. The highest BCUT2D eigenvalue weighted by Gasteiger charge is 2.14. The van der Waals surface area contributed by atoms with Gasteiger partial charge >= 0.3 is 0 Å². The number of carbonyl (C=O) groups excluding carboxylic acids is 1. The molecular formula is C16H13N7O2. The van der Waals surface area contributed by atoms with Gasteiger partial charge in [0.15, 0.2) is 0 Å². The molecule has 2 N–H and O–H groups in total. The Hall–Kier alpha value is -3.62. The second kappa shape index (κ2) is 5.48. The number of benzene rings is 1. The topological polar surface area (TPSA) is 118 Å². The van der Waals surface area contributed by atoms with Gasteiger partial charge in [0.2, 0.25) is 5.95 Å². The molecule has 0 saturated carbocycles. The molecule has 4 rings (SSSR count). The van der Waals surface area contributed by atoms with E-state index in [9.17, 15) is 9.59 Å². The number of rotatable bonds is 2. The molecule has 3 heterocycles. The van der Waals surface area contributed by atoms with E-state index in [0.717, 1.165) is 0 Å². The molecule has 0 aliphatic heterocycles. The van der Waals surface area contributed by atoms with Gasteiger partial charge in [-0.2, -0.15) is 9.50 Å². The predicted octanol–water partition coefficient (Wildman–Crippen LogP) is 1.23. The van der Waals surface area contributed by atoms with Gasteiger partial charge < -0.3 is 0 Å². The predicted molar refractivity (Wildman–Crippen MR) is 90.6 cm³/mol. The molecule has 124 valence electrons. The number of hydrogen-bond donors (Lipinski definition) is 2. The number of nitrogens with zero attached hydrogens (tertiary/aromatic N) is 5. The molecule has 0 fully saturated rings. The van der Waals surface area contributed by atoms with Crippen LogP contribution in [0.3, 0.4) is 0 Å². The molecule has 0 unspecified atom stereocenters.